The van der Waals surface area contributed by atoms with Gasteiger partial charge in [0.1, 0.15) is 0 Å². The Kier molecular flexibility index (Phi) is 12.0. The molecule has 0 amide bonds. The molecule has 1 aromatic rings. The molecule has 0 radical (unpaired) electrons. The predicted molar refractivity (Wildman–Crippen MR) is 134 cm³/mol. The second-order valence-corrected chi connectivity index (χ2v) is 9.05. The maximum Gasteiger partial charge on any atom is 0.169 e. The smallest absolute Gasteiger partial charge is 0.169 e. The Hall–Kier alpha value is -1.53. The predicted octanol–water partition coefficient (Wildman–Crippen LogP) is 4.88. The van der Waals surface area contributed by atoms with Crippen molar-refractivity contribution in [2.75, 3.05) is 47.4 Å². The molecule has 0 aromatic heterocycles. The van der Waals surface area contributed by atoms with Gasteiger partial charge in [-0.3, -0.25) is 0 Å². The number of hydrogen-bond donors (Lipinski definition) is 1. The van der Waals surface area contributed by atoms with Gasteiger partial charge in [-0.1, -0.05) is 45.1 Å². The third-order valence-corrected chi connectivity index (χ3v) is 6.66. The van der Waals surface area contributed by atoms with E-state index >= 15 is 0 Å². The van der Waals surface area contributed by atoms with Crippen molar-refractivity contribution in [1.82, 2.24) is 15.1 Å². The van der Waals surface area contributed by atoms with E-state index in [9.17, 15) is 0 Å². The van der Waals surface area contributed by atoms with Crippen LogP contribution in [0.3, 0.4) is 0 Å². The summed E-state index contributed by atoms with van der Waals surface area (Å²) in [5.74, 6) is 1.56. The van der Waals surface area contributed by atoms with Gasteiger partial charge >= 0.3 is 0 Å². The second-order valence-electron chi connectivity index (χ2n) is 8.67. The molecule has 1 saturated heterocycles. The molecule has 1 aliphatic rings. The molecule has 1 fully saturated rings. The highest BCUT2D eigenvalue weighted by Gasteiger charge is 2.25. The maximum absolute atomic E-state index is 5.87. The molecule has 0 aliphatic carbocycles. The zero-order chi connectivity index (χ0) is 22.5. The van der Waals surface area contributed by atoms with E-state index in [1.807, 2.05) is 6.07 Å². The fourth-order valence-electron chi connectivity index (χ4n) is 4.24. The lowest BCUT2D eigenvalue weighted by Gasteiger charge is -2.39. The van der Waals surface area contributed by atoms with E-state index in [0.29, 0.717) is 6.04 Å². The van der Waals surface area contributed by atoms with Crippen molar-refractivity contribution in [1.29, 1.82) is 0 Å². The molecule has 0 spiro atoms. The Labute approximate surface area is 195 Å². The summed E-state index contributed by atoms with van der Waals surface area (Å²) in [6.07, 6.45) is 11.1. The van der Waals surface area contributed by atoms with E-state index in [-0.39, 0.29) is 0 Å². The highest BCUT2D eigenvalue weighted by atomic mass is 32.1. The summed E-state index contributed by atoms with van der Waals surface area (Å²) in [7, 11) is 5.57. The summed E-state index contributed by atoms with van der Waals surface area (Å²) in [5.41, 5.74) is 1.24. The van der Waals surface area contributed by atoms with Crippen LogP contribution in [0.15, 0.2) is 18.2 Å². The van der Waals surface area contributed by atoms with Crippen molar-refractivity contribution in [3.05, 3.63) is 23.8 Å². The lowest BCUT2D eigenvalue weighted by Crippen LogP contribution is -2.50. The van der Waals surface area contributed by atoms with Crippen LogP contribution in [-0.2, 0) is 6.42 Å². The number of hydrogen-bond acceptors (Lipinski definition) is 4. The van der Waals surface area contributed by atoms with Crippen LogP contribution in [-0.4, -0.2) is 68.4 Å². The minimum Gasteiger partial charge on any atom is -0.493 e. The summed E-state index contributed by atoms with van der Waals surface area (Å²) < 4.78 is 10.9. The molecular weight excluding hydrogens is 406 g/mol. The number of nitrogens with zero attached hydrogens (tertiary/aromatic N) is 2. The molecule has 1 aliphatic heterocycles. The van der Waals surface area contributed by atoms with Gasteiger partial charge in [-0.2, -0.15) is 0 Å². The van der Waals surface area contributed by atoms with Crippen LogP contribution < -0.4 is 14.8 Å². The maximum atomic E-state index is 5.87. The van der Waals surface area contributed by atoms with Crippen LogP contribution in [0.1, 0.15) is 63.9 Å². The molecule has 1 heterocycles. The average molecular weight is 450 g/mol. The number of ether oxygens (including phenoxy) is 2. The summed E-state index contributed by atoms with van der Waals surface area (Å²) in [6.45, 7) is 6.44. The topological polar surface area (TPSA) is 37.0 Å². The minimum atomic E-state index is 0.515. The largest absolute Gasteiger partial charge is 0.493 e. The van der Waals surface area contributed by atoms with Gasteiger partial charge < -0.3 is 24.6 Å². The van der Waals surface area contributed by atoms with E-state index in [0.717, 1.165) is 49.2 Å². The zero-order valence-electron chi connectivity index (χ0n) is 20.1. The molecule has 31 heavy (non-hydrogen) atoms. The first-order valence-corrected chi connectivity index (χ1v) is 12.4. The number of nitrogens with one attached hydrogen (secondary N) is 1. The fraction of sp³-hybridized carbons (Fsp3) is 0.720. The van der Waals surface area contributed by atoms with Crippen LogP contribution in [0.2, 0.25) is 0 Å². The first-order valence-electron chi connectivity index (χ1n) is 12.0. The van der Waals surface area contributed by atoms with Gasteiger partial charge in [-0.25, -0.2) is 0 Å². The molecule has 1 N–H and O–H groups in total. The third-order valence-electron chi connectivity index (χ3n) is 6.29. The SMILES string of the molecule is CCCCCCCCNC(=S)N(CCc1ccc(OC)c(OC)c1)C1CCN(C)CC1. The van der Waals surface area contributed by atoms with E-state index in [4.69, 9.17) is 21.7 Å². The van der Waals surface area contributed by atoms with Crippen LogP contribution in [0.25, 0.3) is 0 Å². The number of rotatable bonds is 13. The van der Waals surface area contributed by atoms with Gasteiger partial charge in [0.05, 0.1) is 14.2 Å². The van der Waals surface area contributed by atoms with Gasteiger partial charge in [0, 0.05) is 19.1 Å². The first-order chi connectivity index (χ1) is 15.1. The molecule has 5 nitrogen and oxygen atoms in total. The molecule has 2 rings (SSSR count). The van der Waals surface area contributed by atoms with Crippen molar-refractivity contribution in [3.8, 4) is 11.5 Å². The summed E-state index contributed by atoms with van der Waals surface area (Å²) in [6, 6.07) is 6.71. The fourth-order valence-corrected chi connectivity index (χ4v) is 4.59. The van der Waals surface area contributed by atoms with Crippen molar-refractivity contribution in [2.45, 2.75) is 70.8 Å². The molecule has 0 bridgehead atoms. The van der Waals surface area contributed by atoms with E-state index < -0.39 is 0 Å². The highest BCUT2D eigenvalue weighted by molar-refractivity contribution is 7.80. The summed E-state index contributed by atoms with van der Waals surface area (Å²) in [4.78, 5) is 4.85. The Bertz CT molecular complexity index is 648. The van der Waals surface area contributed by atoms with Crippen molar-refractivity contribution in [2.24, 2.45) is 0 Å². The van der Waals surface area contributed by atoms with Gasteiger partial charge in [0.15, 0.2) is 16.6 Å². The number of benzene rings is 1. The first kappa shape index (κ1) is 25.7. The van der Waals surface area contributed by atoms with Crippen LogP contribution in [0.5, 0.6) is 11.5 Å². The molecular formula is C25H43N3O2S. The number of unbranched alkanes of at least 4 members (excludes halogenated alkanes) is 5. The van der Waals surface area contributed by atoms with Crippen molar-refractivity contribution >= 4 is 17.3 Å². The molecule has 0 saturated carbocycles. The van der Waals surface area contributed by atoms with Gasteiger partial charge in [-0.05, 0) is 75.7 Å². The second kappa shape index (κ2) is 14.5. The number of likely N-dealkylation sites (tertiary alicyclic amines) is 1. The average Bonchev–Trinajstić information content (AvgIpc) is 2.79. The monoisotopic (exact) mass is 449 g/mol. The standard InChI is InChI=1S/C25H43N3O2S/c1-5-6-7-8-9-10-16-26-25(31)28(22-14-17-27(2)18-15-22)19-13-21-11-12-23(29-3)24(20-21)30-4/h11-12,20,22H,5-10,13-19H2,1-4H3,(H,26,31). The number of thiocarbonyl (C=S) groups is 1. The number of methoxy groups -OCH3 is 2. The molecule has 1 aromatic carbocycles. The van der Waals surface area contributed by atoms with E-state index in [2.05, 4.69) is 41.2 Å². The Morgan fingerprint density at radius 3 is 2.42 bits per heavy atom. The van der Waals surface area contributed by atoms with E-state index in [1.165, 1.54) is 56.9 Å². The zero-order valence-corrected chi connectivity index (χ0v) is 20.9. The third kappa shape index (κ3) is 8.85. The van der Waals surface area contributed by atoms with Crippen molar-refractivity contribution < 1.29 is 9.47 Å². The molecule has 0 atom stereocenters. The van der Waals surface area contributed by atoms with Crippen LogP contribution in [0, 0.1) is 0 Å². The van der Waals surface area contributed by atoms with Crippen LogP contribution >= 0.6 is 12.2 Å². The van der Waals surface area contributed by atoms with Crippen molar-refractivity contribution in [3.63, 3.8) is 0 Å². The lowest BCUT2D eigenvalue weighted by atomic mass is 10.0. The summed E-state index contributed by atoms with van der Waals surface area (Å²) in [5, 5.41) is 4.48. The summed E-state index contributed by atoms with van der Waals surface area (Å²) >= 11 is 5.87. The highest BCUT2D eigenvalue weighted by Crippen LogP contribution is 2.28. The van der Waals surface area contributed by atoms with Gasteiger partial charge in [0.25, 0.3) is 0 Å². The number of piperidine rings is 1. The molecule has 6 heteroatoms. The normalized spacial score (nSPS) is 15.0. The molecule has 176 valence electrons. The molecule has 0 unspecified atom stereocenters. The van der Waals surface area contributed by atoms with E-state index in [1.54, 1.807) is 14.2 Å². The Morgan fingerprint density at radius 1 is 1.06 bits per heavy atom. The van der Waals surface area contributed by atoms with Gasteiger partial charge in [-0.15, -0.1) is 0 Å². The minimum absolute atomic E-state index is 0.515. The Morgan fingerprint density at radius 2 is 1.74 bits per heavy atom. The quantitative estimate of drug-likeness (QED) is 0.342. The lowest BCUT2D eigenvalue weighted by molar-refractivity contribution is 0.175. The van der Waals surface area contributed by atoms with Gasteiger partial charge in [0.2, 0.25) is 0 Å². The van der Waals surface area contributed by atoms with Crippen LogP contribution in [0.4, 0.5) is 0 Å². The Balaban J connectivity index is 1.91.